The van der Waals surface area contributed by atoms with Crippen molar-refractivity contribution in [3.05, 3.63) is 46.4 Å². The number of nitrogen functional groups attached to an aromatic ring is 1. The minimum Gasteiger partial charge on any atom is -0.399 e. The molecule has 0 atom stereocenters. The van der Waals surface area contributed by atoms with Crippen molar-refractivity contribution in [3.8, 4) is 0 Å². The lowest BCUT2D eigenvalue weighted by molar-refractivity contribution is -0.115. The first-order chi connectivity index (χ1) is 8.99. The maximum absolute atomic E-state index is 12.2. The molecule has 0 spiro atoms. The van der Waals surface area contributed by atoms with Gasteiger partial charge in [-0.15, -0.1) is 0 Å². The number of carbonyl (C=O) groups is 2. The van der Waals surface area contributed by atoms with Gasteiger partial charge in [0.15, 0.2) is 0 Å². The van der Waals surface area contributed by atoms with Crippen LogP contribution in [0, 0.1) is 0 Å². The highest BCUT2D eigenvalue weighted by Crippen LogP contribution is 2.18. The van der Waals surface area contributed by atoms with Crippen LogP contribution in [0.15, 0.2) is 35.1 Å². The molecule has 7 heteroatoms. The Labute approximate surface area is 108 Å². The van der Waals surface area contributed by atoms with Gasteiger partial charge < -0.3 is 5.73 Å². The predicted molar refractivity (Wildman–Crippen MR) is 69.8 cm³/mol. The lowest BCUT2D eigenvalue weighted by atomic mass is 10.2. The van der Waals surface area contributed by atoms with E-state index in [1.807, 2.05) is 0 Å². The van der Waals surface area contributed by atoms with Crippen LogP contribution in [-0.2, 0) is 4.79 Å². The highest BCUT2D eigenvalue weighted by atomic mass is 16.2. The van der Waals surface area contributed by atoms with Crippen molar-refractivity contribution < 1.29 is 9.59 Å². The Kier molecular flexibility index (Phi) is 3.19. The third-order valence-corrected chi connectivity index (χ3v) is 2.50. The lowest BCUT2D eigenvalue weighted by Gasteiger charge is -2.18. The normalized spacial score (nSPS) is 10.2. The number of anilines is 2. The van der Waals surface area contributed by atoms with E-state index >= 15 is 0 Å². The fourth-order valence-electron chi connectivity index (χ4n) is 1.63. The predicted octanol–water partition coefficient (Wildman–Crippen LogP) is 0.478. The van der Waals surface area contributed by atoms with Crippen LogP contribution < -0.4 is 16.2 Å². The summed E-state index contributed by atoms with van der Waals surface area (Å²) in [6, 6.07) is 7.37. The molecule has 0 saturated carbocycles. The van der Waals surface area contributed by atoms with Crippen LogP contribution in [0.1, 0.15) is 17.4 Å². The summed E-state index contributed by atoms with van der Waals surface area (Å²) in [4.78, 5) is 35.8. The molecule has 2 aromatic rings. The maximum Gasteiger partial charge on any atom is 0.283 e. The number of aromatic nitrogens is 2. The summed E-state index contributed by atoms with van der Waals surface area (Å²) in [5, 5.41) is 4.66. The number of imide groups is 1. The zero-order valence-corrected chi connectivity index (χ0v) is 10.1. The Bertz CT molecular complexity index is 669. The number of carbonyl (C=O) groups excluding carboxylic acids is 2. The summed E-state index contributed by atoms with van der Waals surface area (Å²) in [5.41, 5.74) is 6.03. The van der Waals surface area contributed by atoms with E-state index in [-0.39, 0.29) is 5.69 Å². The molecule has 0 bridgehead atoms. The molecule has 0 saturated heterocycles. The van der Waals surface area contributed by atoms with Gasteiger partial charge in [-0.3, -0.25) is 24.6 Å². The van der Waals surface area contributed by atoms with E-state index in [4.69, 9.17) is 5.73 Å². The van der Waals surface area contributed by atoms with Gasteiger partial charge in [-0.05, 0) is 24.3 Å². The van der Waals surface area contributed by atoms with Crippen LogP contribution in [0.3, 0.4) is 0 Å². The standard InChI is InChI=1S/C12H12N4O3/c1-7(17)16(9-4-2-8(13)3-5-9)12(19)10-6-11(18)15-14-10/h2-6H,13H2,1H3,(H2,14,15,18). The summed E-state index contributed by atoms with van der Waals surface area (Å²) in [5.74, 6) is -1.08. The number of benzene rings is 1. The lowest BCUT2D eigenvalue weighted by Crippen LogP contribution is -2.35. The van der Waals surface area contributed by atoms with Gasteiger partial charge >= 0.3 is 0 Å². The van der Waals surface area contributed by atoms with Crippen LogP contribution in [0.5, 0.6) is 0 Å². The summed E-state index contributed by atoms with van der Waals surface area (Å²) in [7, 11) is 0. The van der Waals surface area contributed by atoms with Crippen molar-refractivity contribution in [2.24, 2.45) is 0 Å². The van der Waals surface area contributed by atoms with Crippen molar-refractivity contribution in [1.82, 2.24) is 10.2 Å². The summed E-state index contributed by atoms with van der Waals surface area (Å²) in [6.45, 7) is 1.26. The second kappa shape index (κ2) is 4.81. The number of H-pyrrole nitrogens is 2. The second-order valence-corrected chi connectivity index (χ2v) is 3.92. The van der Waals surface area contributed by atoms with Crippen LogP contribution in [-0.4, -0.2) is 22.0 Å². The summed E-state index contributed by atoms with van der Waals surface area (Å²) < 4.78 is 0. The van der Waals surface area contributed by atoms with Gasteiger partial charge in [-0.1, -0.05) is 0 Å². The number of nitrogens with zero attached hydrogens (tertiary/aromatic N) is 1. The summed E-state index contributed by atoms with van der Waals surface area (Å²) >= 11 is 0. The minimum absolute atomic E-state index is 0.0111. The number of aromatic amines is 2. The van der Waals surface area contributed by atoms with Gasteiger partial charge in [0, 0.05) is 18.7 Å². The van der Waals surface area contributed by atoms with E-state index in [0.29, 0.717) is 11.4 Å². The molecule has 1 aromatic carbocycles. The molecule has 1 aromatic heterocycles. The molecule has 98 valence electrons. The van der Waals surface area contributed by atoms with E-state index in [1.54, 1.807) is 24.3 Å². The molecule has 0 aliphatic carbocycles. The van der Waals surface area contributed by atoms with Crippen LogP contribution in [0.2, 0.25) is 0 Å². The number of nitrogens with two attached hydrogens (primary N) is 1. The SMILES string of the molecule is CC(=O)N(C(=O)c1cc(=O)[nH][nH]1)c1ccc(N)cc1. The van der Waals surface area contributed by atoms with Gasteiger partial charge in [0.25, 0.3) is 11.5 Å². The van der Waals surface area contributed by atoms with E-state index in [2.05, 4.69) is 10.2 Å². The molecule has 0 aliphatic heterocycles. The third kappa shape index (κ3) is 2.54. The van der Waals surface area contributed by atoms with E-state index in [9.17, 15) is 14.4 Å². The van der Waals surface area contributed by atoms with Crippen molar-refractivity contribution >= 4 is 23.2 Å². The second-order valence-electron chi connectivity index (χ2n) is 3.92. The highest BCUT2D eigenvalue weighted by molar-refractivity contribution is 6.19. The Balaban J connectivity index is 2.41. The highest BCUT2D eigenvalue weighted by Gasteiger charge is 2.23. The largest absolute Gasteiger partial charge is 0.399 e. The third-order valence-electron chi connectivity index (χ3n) is 2.50. The molecule has 0 radical (unpaired) electrons. The first-order valence-corrected chi connectivity index (χ1v) is 5.47. The smallest absolute Gasteiger partial charge is 0.283 e. The van der Waals surface area contributed by atoms with E-state index in [0.717, 1.165) is 11.0 Å². The zero-order valence-electron chi connectivity index (χ0n) is 10.1. The molecule has 2 amide bonds. The van der Waals surface area contributed by atoms with Crippen LogP contribution in [0.4, 0.5) is 11.4 Å². The molecule has 2 rings (SSSR count). The Morgan fingerprint density at radius 3 is 2.26 bits per heavy atom. The van der Waals surface area contributed by atoms with Crippen molar-refractivity contribution in [2.45, 2.75) is 6.92 Å². The topological polar surface area (TPSA) is 112 Å². The Morgan fingerprint density at radius 2 is 1.79 bits per heavy atom. The number of hydrogen-bond acceptors (Lipinski definition) is 4. The average Bonchev–Trinajstić information content (AvgIpc) is 2.78. The van der Waals surface area contributed by atoms with Crippen molar-refractivity contribution in [3.63, 3.8) is 0 Å². The summed E-state index contributed by atoms with van der Waals surface area (Å²) in [6.07, 6.45) is 0. The fourth-order valence-corrected chi connectivity index (χ4v) is 1.63. The van der Waals surface area contributed by atoms with Crippen LogP contribution >= 0.6 is 0 Å². The molecular weight excluding hydrogens is 248 g/mol. The number of amides is 2. The first kappa shape index (κ1) is 12.6. The van der Waals surface area contributed by atoms with E-state index < -0.39 is 17.4 Å². The molecule has 19 heavy (non-hydrogen) atoms. The van der Waals surface area contributed by atoms with Gasteiger partial charge in [-0.2, -0.15) is 0 Å². The molecular formula is C12H12N4O3. The number of hydrogen-bond donors (Lipinski definition) is 3. The molecule has 1 heterocycles. The van der Waals surface area contributed by atoms with Gasteiger partial charge in [0.05, 0.1) is 5.69 Å². The molecule has 0 aliphatic rings. The Hall–Kier alpha value is -2.83. The van der Waals surface area contributed by atoms with Crippen molar-refractivity contribution in [2.75, 3.05) is 10.6 Å². The van der Waals surface area contributed by atoms with E-state index in [1.165, 1.54) is 6.92 Å². The van der Waals surface area contributed by atoms with Crippen LogP contribution in [0.25, 0.3) is 0 Å². The number of nitrogens with one attached hydrogen (secondary N) is 2. The number of rotatable bonds is 2. The Morgan fingerprint density at radius 1 is 1.16 bits per heavy atom. The molecule has 0 fully saturated rings. The monoisotopic (exact) mass is 260 g/mol. The fraction of sp³-hybridized carbons (Fsp3) is 0.0833. The van der Waals surface area contributed by atoms with Crippen molar-refractivity contribution in [1.29, 1.82) is 0 Å². The molecule has 0 unspecified atom stereocenters. The zero-order chi connectivity index (χ0) is 14.0. The quantitative estimate of drug-likeness (QED) is 0.681. The van der Waals surface area contributed by atoms with Gasteiger partial charge in [0.1, 0.15) is 5.69 Å². The molecule has 7 nitrogen and oxygen atoms in total. The first-order valence-electron chi connectivity index (χ1n) is 5.47. The maximum atomic E-state index is 12.2. The molecule has 4 N–H and O–H groups in total. The minimum atomic E-state index is -0.615. The van der Waals surface area contributed by atoms with Gasteiger partial charge in [-0.25, -0.2) is 4.90 Å². The average molecular weight is 260 g/mol. The van der Waals surface area contributed by atoms with Gasteiger partial charge in [0.2, 0.25) is 5.91 Å².